The Morgan fingerprint density at radius 2 is 2.13 bits per heavy atom. The third kappa shape index (κ3) is 3.30. The molecule has 0 radical (unpaired) electrons. The van der Waals surface area contributed by atoms with Gasteiger partial charge in [0, 0.05) is 10.4 Å². The van der Waals surface area contributed by atoms with E-state index in [1.54, 1.807) is 19.1 Å². The highest BCUT2D eigenvalue weighted by Crippen LogP contribution is 2.37. The Bertz CT molecular complexity index is 889. The number of carbonyl (C=O) groups is 1. The maximum atomic E-state index is 11.7. The summed E-state index contributed by atoms with van der Waals surface area (Å²) in [7, 11) is -3.37. The van der Waals surface area contributed by atoms with Gasteiger partial charge in [-0.1, -0.05) is 0 Å². The summed E-state index contributed by atoms with van der Waals surface area (Å²) < 4.78 is 30.5. The lowest BCUT2D eigenvalue weighted by atomic mass is 10.1. The lowest BCUT2D eigenvalue weighted by Gasteiger charge is -2.23. The minimum absolute atomic E-state index is 0.205. The number of nitrogens with zero attached hydrogens (tertiary/aromatic N) is 1. The minimum Gasteiger partial charge on any atom is -0.479 e. The summed E-state index contributed by atoms with van der Waals surface area (Å²) in [4.78, 5) is 16.9. The van der Waals surface area contributed by atoms with Gasteiger partial charge in [0.05, 0.1) is 17.6 Å². The third-order valence-corrected chi connectivity index (χ3v) is 4.83. The van der Waals surface area contributed by atoms with Gasteiger partial charge in [-0.05, 0) is 32.0 Å². The van der Waals surface area contributed by atoms with Crippen molar-refractivity contribution in [1.29, 1.82) is 0 Å². The maximum absolute atomic E-state index is 11.7. The molecule has 122 valence electrons. The van der Waals surface area contributed by atoms with E-state index in [1.165, 1.54) is 11.3 Å². The molecule has 1 amide bonds. The van der Waals surface area contributed by atoms with Crippen molar-refractivity contribution in [3.05, 3.63) is 23.1 Å². The molecule has 0 saturated carbocycles. The zero-order chi connectivity index (χ0) is 16.8. The summed E-state index contributed by atoms with van der Waals surface area (Å²) in [6, 6.07) is 5.36. The van der Waals surface area contributed by atoms with E-state index in [2.05, 4.69) is 15.0 Å². The molecule has 2 N–H and O–H groups in total. The standard InChI is InChI=1S/C14H15N3O4S2/c1-7-13(18)15-10-6-9(4-5-11(10)21-7)12-8(2)22-14(16-12)17-23(3,19)20/h4-7H,1-3H3,(H,15,18)(H,16,17). The molecule has 0 fully saturated rings. The van der Waals surface area contributed by atoms with Gasteiger partial charge in [-0.25, -0.2) is 13.4 Å². The van der Waals surface area contributed by atoms with Crippen LogP contribution in [0.2, 0.25) is 0 Å². The van der Waals surface area contributed by atoms with Crippen LogP contribution in [-0.2, 0) is 14.8 Å². The smallest absolute Gasteiger partial charge is 0.265 e. The van der Waals surface area contributed by atoms with Crippen LogP contribution in [-0.4, -0.2) is 31.7 Å². The quantitative estimate of drug-likeness (QED) is 0.882. The molecule has 0 spiro atoms. The van der Waals surface area contributed by atoms with Gasteiger partial charge in [-0.15, -0.1) is 11.3 Å². The minimum atomic E-state index is -3.37. The number of fused-ring (bicyclic) bond motifs is 1. The summed E-state index contributed by atoms with van der Waals surface area (Å²) in [5.41, 5.74) is 2.02. The van der Waals surface area contributed by atoms with Crippen LogP contribution >= 0.6 is 11.3 Å². The number of sulfonamides is 1. The SMILES string of the molecule is Cc1sc(NS(C)(=O)=O)nc1-c1ccc2c(c1)NC(=O)C(C)O2. The lowest BCUT2D eigenvalue weighted by Crippen LogP contribution is -2.34. The Hall–Kier alpha value is -2.13. The highest BCUT2D eigenvalue weighted by molar-refractivity contribution is 7.92. The highest BCUT2D eigenvalue weighted by Gasteiger charge is 2.24. The average molecular weight is 353 g/mol. The van der Waals surface area contributed by atoms with E-state index in [9.17, 15) is 13.2 Å². The van der Waals surface area contributed by atoms with Gasteiger partial charge in [0.15, 0.2) is 11.2 Å². The number of hydrogen-bond donors (Lipinski definition) is 2. The molecule has 1 aliphatic heterocycles. The van der Waals surface area contributed by atoms with E-state index in [-0.39, 0.29) is 5.91 Å². The molecule has 1 aliphatic rings. The number of rotatable bonds is 3. The number of nitrogens with one attached hydrogen (secondary N) is 2. The first-order valence-electron chi connectivity index (χ1n) is 6.80. The third-order valence-electron chi connectivity index (χ3n) is 3.25. The Morgan fingerprint density at radius 3 is 2.83 bits per heavy atom. The van der Waals surface area contributed by atoms with E-state index >= 15 is 0 Å². The molecule has 23 heavy (non-hydrogen) atoms. The monoisotopic (exact) mass is 353 g/mol. The lowest BCUT2D eigenvalue weighted by molar-refractivity contribution is -0.122. The Morgan fingerprint density at radius 1 is 1.39 bits per heavy atom. The van der Waals surface area contributed by atoms with Crippen molar-refractivity contribution in [1.82, 2.24) is 4.98 Å². The van der Waals surface area contributed by atoms with Crippen LogP contribution < -0.4 is 14.8 Å². The van der Waals surface area contributed by atoms with E-state index in [0.717, 1.165) is 16.7 Å². The number of benzene rings is 1. The van der Waals surface area contributed by atoms with Gasteiger partial charge in [-0.3, -0.25) is 9.52 Å². The Balaban J connectivity index is 1.97. The van der Waals surface area contributed by atoms with Gasteiger partial charge in [0.25, 0.3) is 5.91 Å². The summed E-state index contributed by atoms with van der Waals surface area (Å²) in [6.45, 7) is 3.54. The number of carbonyl (C=O) groups excluding carboxylic acids is 1. The van der Waals surface area contributed by atoms with Crippen molar-refractivity contribution in [3.63, 3.8) is 0 Å². The highest BCUT2D eigenvalue weighted by atomic mass is 32.2. The topological polar surface area (TPSA) is 97.4 Å². The fraction of sp³-hybridized carbons (Fsp3) is 0.286. The molecular weight excluding hydrogens is 338 g/mol. The largest absolute Gasteiger partial charge is 0.479 e. The van der Waals surface area contributed by atoms with Crippen LogP contribution in [0.5, 0.6) is 5.75 Å². The van der Waals surface area contributed by atoms with Crippen molar-refractivity contribution >= 4 is 38.1 Å². The maximum Gasteiger partial charge on any atom is 0.265 e. The number of anilines is 2. The number of aromatic nitrogens is 1. The number of ether oxygens (including phenoxy) is 1. The summed E-state index contributed by atoms with van der Waals surface area (Å²) in [5.74, 6) is 0.396. The second-order valence-electron chi connectivity index (χ2n) is 5.26. The zero-order valence-electron chi connectivity index (χ0n) is 12.7. The Labute approximate surface area is 137 Å². The molecule has 0 bridgehead atoms. The number of amides is 1. The first kappa shape index (κ1) is 15.8. The predicted molar refractivity (Wildman–Crippen MR) is 89.5 cm³/mol. The second kappa shape index (κ2) is 5.50. The molecule has 1 atom stereocenters. The number of hydrogen-bond acceptors (Lipinski definition) is 6. The van der Waals surface area contributed by atoms with Crippen molar-refractivity contribution in [3.8, 4) is 17.0 Å². The molecule has 9 heteroatoms. The average Bonchev–Trinajstić information content (AvgIpc) is 2.78. The van der Waals surface area contributed by atoms with Gasteiger partial charge in [0.1, 0.15) is 5.75 Å². The number of aryl methyl sites for hydroxylation is 1. The van der Waals surface area contributed by atoms with Crippen LogP contribution in [0, 0.1) is 6.92 Å². The first-order chi connectivity index (χ1) is 10.7. The fourth-order valence-electron chi connectivity index (χ4n) is 2.22. The molecule has 0 aliphatic carbocycles. The molecule has 1 aromatic carbocycles. The summed E-state index contributed by atoms with van der Waals surface area (Å²) in [6.07, 6.45) is 0.552. The van der Waals surface area contributed by atoms with E-state index in [4.69, 9.17) is 4.74 Å². The van der Waals surface area contributed by atoms with Gasteiger partial charge in [0.2, 0.25) is 10.0 Å². The van der Waals surface area contributed by atoms with Crippen molar-refractivity contribution in [2.45, 2.75) is 20.0 Å². The molecular formula is C14H15N3O4S2. The van der Waals surface area contributed by atoms with Crippen molar-refractivity contribution in [2.24, 2.45) is 0 Å². The van der Waals surface area contributed by atoms with Gasteiger partial charge < -0.3 is 10.1 Å². The molecule has 0 saturated heterocycles. The van der Waals surface area contributed by atoms with Crippen LogP contribution in [0.4, 0.5) is 10.8 Å². The normalized spacial score (nSPS) is 17.2. The summed E-state index contributed by atoms with van der Waals surface area (Å²) in [5, 5.41) is 3.10. The van der Waals surface area contributed by atoms with Crippen LogP contribution in [0.3, 0.4) is 0 Å². The fourth-order valence-corrected chi connectivity index (χ4v) is 3.89. The van der Waals surface area contributed by atoms with Gasteiger partial charge in [-0.2, -0.15) is 0 Å². The predicted octanol–water partition coefficient (Wildman–Crippen LogP) is 2.21. The van der Waals surface area contributed by atoms with E-state index in [1.807, 2.05) is 13.0 Å². The molecule has 7 nitrogen and oxygen atoms in total. The van der Waals surface area contributed by atoms with Crippen LogP contribution in [0.25, 0.3) is 11.3 Å². The van der Waals surface area contributed by atoms with Crippen LogP contribution in [0.1, 0.15) is 11.8 Å². The summed E-state index contributed by atoms with van der Waals surface area (Å²) >= 11 is 1.25. The molecule has 2 heterocycles. The zero-order valence-corrected chi connectivity index (χ0v) is 14.3. The Kier molecular flexibility index (Phi) is 3.77. The molecule has 1 unspecified atom stereocenters. The van der Waals surface area contributed by atoms with E-state index < -0.39 is 16.1 Å². The van der Waals surface area contributed by atoms with Crippen molar-refractivity contribution in [2.75, 3.05) is 16.3 Å². The molecule has 3 rings (SSSR count). The van der Waals surface area contributed by atoms with Crippen LogP contribution in [0.15, 0.2) is 18.2 Å². The second-order valence-corrected chi connectivity index (χ2v) is 8.21. The van der Waals surface area contributed by atoms with Crippen molar-refractivity contribution < 1.29 is 17.9 Å². The first-order valence-corrected chi connectivity index (χ1v) is 9.51. The van der Waals surface area contributed by atoms with Gasteiger partial charge >= 0.3 is 0 Å². The molecule has 2 aromatic rings. The molecule has 1 aromatic heterocycles. The van der Waals surface area contributed by atoms with E-state index in [0.29, 0.717) is 22.3 Å². The number of thiazole rings is 1.